The summed E-state index contributed by atoms with van der Waals surface area (Å²) in [5.74, 6) is -0.951. The molecule has 4 aliphatic heterocycles. The van der Waals surface area contributed by atoms with Crippen molar-refractivity contribution in [1.82, 2.24) is 0 Å². The maximum atomic E-state index is 11.5. The fourth-order valence-corrected chi connectivity index (χ4v) is 2.43. The third-order valence-electron chi connectivity index (χ3n) is 3.01. The molecule has 82 valence electrons. The summed E-state index contributed by atoms with van der Waals surface area (Å²) in [6.45, 7) is 5.53. The molecule has 0 N–H and O–H groups in total. The predicted molar refractivity (Wildman–Crippen MR) is 50.6 cm³/mol. The van der Waals surface area contributed by atoms with E-state index in [1.165, 1.54) is 0 Å². The van der Waals surface area contributed by atoms with Gasteiger partial charge >= 0.3 is 5.97 Å². The van der Waals surface area contributed by atoms with Crippen molar-refractivity contribution in [3.63, 3.8) is 0 Å². The Kier molecular flexibility index (Phi) is 1.61. The summed E-state index contributed by atoms with van der Waals surface area (Å²) in [5.41, 5.74) is 0.821. The second kappa shape index (κ2) is 2.59. The van der Waals surface area contributed by atoms with E-state index in [1.807, 2.05) is 20.8 Å². The Morgan fingerprint density at radius 3 is 2.67 bits per heavy atom. The van der Waals surface area contributed by atoms with Gasteiger partial charge in [-0.1, -0.05) is 0 Å². The lowest BCUT2D eigenvalue weighted by atomic mass is 9.91. The van der Waals surface area contributed by atoms with E-state index < -0.39 is 11.8 Å². The monoisotopic (exact) mass is 211 g/mol. The van der Waals surface area contributed by atoms with E-state index in [9.17, 15) is 4.79 Å². The molecule has 2 saturated heterocycles. The Hall–Kier alpha value is -0.940. The van der Waals surface area contributed by atoms with Gasteiger partial charge in [-0.3, -0.25) is 4.99 Å². The van der Waals surface area contributed by atoms with Gasteiger partial charge in [0.15, 0.2) is 17.9 Å². The molecule has 0 amide bonds. The summed E-state index contributed by atoms with van der Waals surface area (Å²) in [6.07, 6.45) is -0.843. The third kappa shape index (κ3) is 1.16. The highest BCUT2D eigenvalue weighted by atomic mass is 16.8. The lowest BCUT2D eigenvalue weighted by molar-refractivity contribution is -0.166. The van der Waals surface area contributed by atoms with E-state index in [0.717, 1.165) is 5.71 Å². The molecule has 0 saturated carbocycles. The smallest absolute Gasteiger partial charge is 0.334 e. The summed E-state index contributed by atoms with van der Waals surface area (Å²) in [6, 6.07) is -0.540. The molecule has 0 unspecified atom stereocenters. The normalized spacial score (nSPS) is 46.1. The number of aliphatic imine (C=N–C) groups is 1. The number of hydrogen-bond donors (Lipinski definition) is 0. The highest BCUT2D eigenvalue weighted by Crippen LogP contribution is 2.39. The molecule has 5 nitrogen and oxygen atoms in total. The van der Waals surface area contributed by atoms with Gasteiger partial charge in [0, 0.05) is 0 Å². The molecule has 2 bridgehead atoms. The Bertz CT molecular complexity index is 362. The van der Waals surface area contributed by atoms with Gasteiger partial charge in [-0.25, -0.2) is 4.79 Å². The van der Waals surface area contributed by atoms with Crippen molar-refractivity contribution >= 4 is 11.7 Å². The number of nitrogens with zero attached hydrogens (tertiary/aromatic N) is 1. The van der Waals surface area contributed by atoms with Crippen LogP contribution in [-0.4, -0.2) is 41.8 Å². The zero-order chi connectivity index (χ0) is 10.8. The summed E-state index contributed by atoms with van der Waals surface area (Å²) in [7, 11) is 0. The molecule has 0 aromatic carbocycles. The number of carbonyl (C=O) groups is 1. The summed E-state index contributed by atoms with van der Waals surface area (Å²) in [5, 5.41) is 0. The molecule has 4 aliphatic rings. The van der Waals surface area contributed by atoms with Gasteiger partial charge in [0.25, 0.3) is 0 Å². The van der Waals surface area contributed by atoms with Gasteiger partial charge in [0.05, 0.1) is 5.71 Å². The molecule has 4 rings (SSSR count). The summed E-state index contributed by atoms with van der Waals surface area (Å²) >= 11 is 0. The Labute approximate surface area is 87.4 Å². The van der Waals surface area contributed by atoms with Gasteiger partial charge in [-0.15, -0.1) is 0 Å². The van der Waals surface area contributed by atoms with Crippen molar-refractivity contribution < 1.29 is 19.0 Å². The van der Waals surface area contributed by atoms with Gasteiger partial charge in [0.2, 0.25) is 0 Å². The Morgan fingerprint density at radius 1 is 1.27 bits per heavy atom. The fourth-order valence-electron chi connectivity index (χ4n) is 2.43. The minimum atomic E-state index is -0.653. The standard InChI is InChI=1S/C10H13NO4/c1-4-6-8-7(14-10(2,3)15-8)5(11-4)9(12)13-6/h5-8H,1-3H3/t5-,6+,7+,8-/m1/s1. The van der Waals surface area contributed by atoms with Crippen LogP contribution in [0.1, 0.15) is 20.8 Å². The first-order chi connectivity index (χ1) is 6.98. The van der Waals surface area contributed by atoms with Crippen LogP contribution in [0.3, 0.4) is 0 Å². The van der Waals surface area contributed by atoms with Crippen LogP contribution in [0.15, 0.2) is 4.99 Å². The molecular formula is C10H13NO4. The van der Waals surface area contributed by atoms with Crippen molar-refractivity contribution in [2.45, 2.75) is 50.9 Å². The number of hydrogen-bond acceptors (Lipinski definition) is 5. The molecule has 4 heterocycles. The van der Waals surface area contributed by atoms with Gasteiger partial charge in [-0.05, 0) is 20.8 Å². The minimum Gasteiger partial charge on any atom is -0.452 e. The van der Waals surface area contributed by atoms with Gasteiger partial charge < -0.3 is 14.2 Å². The number of ether oxygens (including phenoxy) is 3. The molecular weight excluding hydrogens is 198 g/mol. The highest BCUT2D eigenvalue weighted by Gasteiger charge is 2.59. The zero-order valence-corrected chi connectivity index (χ0v) is 8.89. The predicted octanol–water partition coefficient (Wildman–Crippen LogP) is 0.275. The first kappa shape index (κ1) is 9.30. The Balaban J connectivity index is 2.00. The van der Waals surface area contributed by atoms with Crippen LogP contribution in [0.2, 0.25) is 0 Å². The van der Waals surface area contributed by atoms with Crippen LogP contribution in [-0.2, 0) is 19.0 Å². The van der Waals surface area contributed by atoms with E-state index in [1.54, 1.807) is 0 Å². The largest absolute Gasteiger partial charge is 0.452 e. The zero-order valence-electron chi connectivity index (χ0n) is 8.89. The minimum absolute atomic E-state index is 0.194. The summed E-state index contributed by atoms with van der Waals surface area (Å²) < 4.78 is 16.6. The molecule has 0 aliphatic carbocycles. The molecule has 5 heteroatoms. The van der Waals surface area contributed by atoms with Crippen molar-refractivity contribution in [2.75, 3.05) is 0 Å². The molecule has 0 spiro atoms. The second-order valence-corrected chi connectivity index (χ2v) is 4.64. The molecule has 0 radical (unpaired) electrons. The fraction of sp³-hybridized carbons (Fsp3) is 0.800. The van der Waals surface area contributed by atoms with Crippen molar-refractivity contribution in [2.24, 2.45) is 4.99 Å². The number of carbonyl (C=O) groups excluding carboxylic acids is 1. The lowest BCUT2D eigenvalue weighted by Gasteiger charge is -2.39. The van der Waals surface area contributed by atoms with E-state index in [0.29, 0.717) is 0 Å². The maximum absolute atomic E-state index is 11.5. The number of esters is 1. The average molecular weight is 211 g/mol. The third-order valence-corrected chi connectivity index (χ3v) is 3.01. The van der Waals surface area contributed by atoms with Crippen LogP contribution in [0.5, 0.6) is 0 Å². The maximum Gasteiger partial charge on any atom is 0.334 e. The number of fused-ring (bicyclic) bond motifs is 1. The number of rotatable bonds is 0. The lowest BCUT2D eigenvalue weighted by Crippen LogP contribution is -2.60. The van der Waals surface area contributed by atoms with E-state index in [-0.39, 0.29) is 24.3 Å². The molecule has 4 atom stereocenters. The SMILES string of the molecule is CC1=N[C@H]2C(=O)O[C@@H]1[C@H]1OC(C)(C)O[C@H]12. The molecule has 0 aromatic heterocycles. The van der Waals surface area contributed by atoms with Gasteiger partial charge in [0.1, 0.15) is 12.2 Å². The van der Waals surface area contributed by atoms with Crippen LogP contribution in [0.25, 0.3) is 0 Å². The van der Waals surface area contributed by atoms with Crippen LogP contribution >= 0.6 is 0 Å². The van der Waals surface area contributed by atoms with Crippen molar-refractivity contribution in [3.8, 4) is 0 Å². The van der Waals surface area contributed by atoms with Crippen molar-refractivity contribution in [3.05, 3.63) is 0 Å². The first-order valence-electron chi connectivity index (χ1n) is 5.08. The molecule has 15 heavy (non-hydrogen) atoms. The van der Waals surface area contributed by atoms with Crippen LogP contribution in [0, 0.1) is 0 Å². The first-order valence-corrected chi connectivity index (χ1v) is 5.08. The summed E-state index contributed by atoms with van der Waals surface area (Å²) in [4.78, 5) is 15.8. The van der Waals surface area contributed by atoms with E-state index in [2.05, 4.69) is 4.99 Å². The van der Waals surface area contributed by atoms with Crippen LogP contribution in [0.4, 0.5) is 0 Å². The van der Waals surface area contributed by atoms with E-state index in [4.69, 9.17) is 14.2 Å². The van der Waals surface area contributed by atoms with Crippen LogP contribution < -0.4 is 0 Å². The molecule has 2 fully saturated rings. The van der Waals surface area contributed by atoms with E-state index >= 15 is 0 Å². The molecule has 0 aromatic rings. The highest BCUT2D eigenvalue weighted by molar-refractivity contribution is 5.97. The average Bonchev–Trinajstić information content (AvgIpc) is 2.44. The second-order valence-electron chi connectivity index (χ2n) is 4.64. The Morgan fingerprint density at radius 2 is 1.93 bits per heavy atom. The van der Waals surface area contributed by atoms with Crippen molar-refractivity contribution in [1.29, 1.82) is 0 Å². The quantitative estimate of drug-likeness (QED) is 0.540. The van der Waals surface area contributed by atoms with Gasteiger partial charge in [-0.2, -0.15) is 0 Å². The topological polar surface area (TPSA) is 57.1 Å².